The highest BCUT2D eigenvalue weighted by Crippen LogP contribution is 2.40. The van der Waals surface area contributed by atoms with Gasteiger partial charge in [-0.25, -0.2) is 0 Å². The first-order valence-corrected chi connectivity index (χ1v) is 8.31. The Labute approximate surface area is 146 Å². The molecule has 0 bridgehead atoms. The molecule has 2 N–H and O–H groups in total. The zero-order valence-electron chi connectivity index (χ0n) is 14.0. The maximum atomic E-state index is 12.3. The van der Waals surface area contributed by atoms with E-state index in [4.69, 9.17) is 9.47 Å². The van der Waals surface area contributed by atoms with Gasteiger partial charge in [0.25, 0.3) is 0 Å². The van der Waals surface area contributed by atoms with Crippen molar-refractivity contribution in [2.45, 2.75) is 26.2 Å². The Morgan fingerprint density at radius 3 is 2.60 bits per heavy atom. The molecule has 0 radical (unpaired) electrons. The first kappa shape index (κ1) is 16.9. The molecule has 5 heteroatoms. The molecular formula is C20H20O5. The predicted octanol–water partition coefficient (Wildman–Crippen LogP) is 4.28. The highest BCUT2D eigenvalue weighted by Gasteiger charge is 2.31. The van der Waals surface area contributed by atoms with Gasteiger partial charge in [-0.1, -0.05) is 31.9 Å². The van der Waals surface area contributed by atoms with Crippen molar-refractivity contribution in [3.63, 3.8) is 0 Å². The molecule has 25 heavy (non-hydrogen) atoms. The van der Waals surface area contributed by atoms with Crippen LogP contribution >= 0.6 is 0 Å². The van der Waals surface area contributed by atoms with Crippen LogP contribution in [0.2, 0.25) is 0 Å². The Balaban J connectivity index is 1.72. The van der Waals surface area contributed by atoms with Crippen LogP contribution in [0.4, 0.5) is 0 Å². The summed E-state index contributed by atoms with van der Waals surface area (Å²) in [7, 11) is 0. The molecule has 0 saturated heterocycles. The number of phenolic OH excluding ortho intramolecular Hbond substituents is 2. The average molecular weight is 340 g/mol. The normalized spacial score (nSPS) is 14.4. The molecule has 0 aromatic heterocycles. The van der Waals surface area contributed by atoms with Crippen LogP contribution in [0.5, 0.6) is 23.0 Å². The molecule has 0 unspecified atom stereocenters. The summed E-state index contributed by atoms with van der Waals surface area (Å²) in [5, 5.41) is 19.3. The van der Waals surface area contributed by atoms with Crippen LogP contribution in [0.25, 0.3) is 6.08 Å². The summed E-state index contributed by atoms with van der Waals surface area (Å²) in [5.41, 5.74) is 0.848. The molecule has 1 heterocycles. The number of rotatable bonds is 6. The van der Waals surface area contributed by atoms with Crippen molar-refractivity contribution in [1.82, 2.24) is 0 Å². The molecule has 1 aliphatic rings. The number of ketones is 1. The van der Waals surface area contributed by atoms with E-state index in [2.05, 4.69) is 6.92 Å². The van der Waals surface area contributed by atoms with Gasteiger partial charge in [-0.05, 0) is 30.2 Å². The Kier molecular flexibility index (Phi) is 4.93. The minimum absolute atomic E-state index is 0.0694. The summed E-state index contributed by atoms with van der Waals surface area (Å²) >= 11 is 0. The predicted molar refractivity (Wildman–Crippen MR) is 94.2 cm³/mol. The second kappa shape index (κ2) is 7.30. The van der Waals surface area contributed by atoms with Gasteiger partial charge < -0.3 is 19.7 Å². The van der Waals surface area contributed by atoms with E-state index in [1.54, 1.807) is 6.08 Å². The quantitative estimate of drug-likeness (QED) is 0.606. The number of phenols is 2. The van der Waals surface area contributed by atoms with Crippen LogP contribution in [-0.4, -0.2) is 22.6 Å². The average Bonchev–Trinajstić information content (AvgIpc) is 2.89. The van der Waals surface area contributed by atoms with E-state index in [-0.39, 0.29) is 28.6 Å². The molecule has 3 rings (SSSR count). The molecule has 0 fully saturated rings. The van der Waals surface area contributed by atoms with Crippen LogP contribution in [0.3, 0.4) is 0 Å². The van der Waals surface area contributed by atoms with Gasteiger partial charge in [0.05, 0.1) is 6.61 Å². The number of hydrogen-bond donors (Lipinski definition) is 2. The van der Waals surface area contributed by atoms with Gasteiger partial charge in [-0.15, -0.1) is 0 Å². The largest absolute Gasteiger partial charge is 0.508 e. The molecule has 5 nitrogen and oxygen atoms in total. The Morgan fingerprint density at radius 2 is 1.88 bits per heavy atom. The smallest absolute Gasteiger partial charge is 0.235 e. The third-order valence-electron chi connectivity index (χ3n) is 3.93. The van der Waals surface area contributed by atoms with Crippen molar-refractivity contribution in [1.29, 1.82) is 0 Å². The van der Waals surface area contributed by atoms with E-state index in [9.17, 15) is 15.0 Å². The first-order valence-electron chi connectivity index (χ1n) is 8.31. The third-order valence-corrected chi connectivity index (χ3v) is 3.93. The standard InChI is InChI=1S/C20H20O5/c1-2-3-4-9-24-15-7-5-13(6-8-15)10-18-20(23)19-16(22)11-14(21)12-17(19)25-18/h5-8,10-12,21-22H,2-4,9H2,1H3/b18-10-. The maximum absolute atomic E-state index is 12.3. The monoisotopic (exact) mass is 340 g/mol. The van der Waals surface area contributed by atoms with Gasteiger partial charge in [0.1, 0.15) is 28.6 Å². The molecular weight excluding hydrogens is 320 g/mol. The van der Waals surface area contributed by atoms with E-state index in [0.29, 0.717) is 6.61 Å². The SMILES string of the molecule is CCCCCOc1ccc(/C=C2\Oc3cc(O)cc(O)c3C2=O)cc1. The van der Waals surface area contributed by atoms with Gasteiger partial charge in [0.15, 0.2) is 5.76 Å². The van der Waals surface area contributed by atoms with Gasteiger partial charge in [-0.3, -0.25) is 4.79 Å². The molecule has 0 saturated carbocycles. The topological polar surface area (TPSA) is 76.0 Å². The summed E-state index contributed by atoms with van der Waals surface area (Å²) in [6.45, 7) is 2.84. The number of allylic oxidation sites excluding steroid dienone is 1. The van der Waals surface area contributed by atoms with Crippen LogP contribution in [0, 0.1) is 0 Å². The van der Waals surface area contributed by atoms with Gasteiger partial charge in [-0.2, -0.15) is 0 Å². The first-order chi connectivity index (χ1) is 12.1. The molecule has 2 aromatic carbocycles. The molecule has 2 aromatic rings. The lowest BCUT2D eigenvalue weighted by Crippen LogP contribution is -1.99. The van der Waals surface area contributed by atoms with Crippen LogP contribution in [0.15, 0.2) is 42.2 Å². The summed E-state index contributed by atoms with van der Waals surface area (Å²) < 4.78 is 11.1. The maximum Gasteiger partial charge on any atom is 0.235 e. The lowest BCUT2D eigenvalue weighted by atomic mass is 10.1. The van der Waals surface area contributed by atoms with Crippen LogP contribution in [-0.2, 0) is 0 Å². The Morgan fingerprint density at radius 1 is 1.12 bits per heavy atom. The van der Waals surface area contributed by atoms with Crippen molar-refractivity contribution in [3.05, 3.63) is 53.3 Å². The number of ether oxygens (including phenoxy) is 2. The number of carbonyl (C=O) groups is 1. The minimum atomic E-state index is -0.410. The number of benzene rings is 2. The van der Waals surface area contributed by atoms with Crippen molar-refractivity contribution in [3.8, 4) is 23.0 Å². The van der Waals surface area contributed by atoms with Crippen molar-refractivity contribution in [2.24, 2.45) is 0 Å². The van der Waals surface area contributed by atoms with E-state index in [1.165, 1.54) is 6.07 Å². The van der Waals surface area contributed by atoms with E-state index < -0.39 is 5.78 Å². The van der Waals surface area contributed by atoms with Crippen molar-refractivity contribution >= 4 is 11.9 Å². The molecule has 0 spiro atoms. The van der Waals surface area contributed by atoms with Crippen molar-refractivity contribution in [2.75, 3.05) is 6.61 Å². The lowest BCUT2D eigenvalue weighted by molar-refractivity contribution is 0.101. The Hall–Kier alpha value is -2.95. The molecule has 1 aliphatic heterocycles. The zero-order valence-corrected chi connectivity index (χ0v) is 14.0. The summed E-state index contributed by atoms with van der Waals surface area (Å²) in [6, 6.07) is 9.77. The highest BCUT2D eigenvalue weighted by molar-refractivity contribution is 6.16. The fourth-order valence-electron chi connectivity index (χ4n) is 2.63. The van der Waals surface area contributed by atoms with Crippen LogP contribution < -0.4 is 9.47 Å². The minimum Gasteiger partial charge on any atom is -0.508 e. The van der Waals surface area contributed by atoms with E-state index in [1.807, 2.05) is 24.3 Å². The number of aromatic hydroxyl groups is 2. The number of hydrogen-bond acceptors (Lipinski definition) is 5. The van der Waals surface area contributed by atoms with Crippen molar-refractivity contribution < 1.29 is 24.5 Å². The highest BCUT2D eigenvalue weighted by atomic mass is 16.5. The number of Topliss-reactive ketones (excluding diaryl/α,β-unsaturated/α-hetero) is 1. The van der Waals surface area contributed by atoms with Gasteiger partial charge in [0, 0.05) is 12.1 Å². The van der Waals surface area contributed by atoms with Crippen LogP contribution in [0.1, 0.15) is 42.1 Å². The number of unbranched alkanes of at least 4 members (excludes halogenated alkanes) is 2. The van der Waals surface area contributed by atoms with Gasteiger partial charge in [0.2, 0.25) is 5.78 Å². The summed E-state index contributed by atoms with van der Waals surface area (Å²) in [5.74, 6) is 0.182. The van der Waals surface area contributed by atoms with E-state index >= 15 is 0 Å². The molecule has 0 amide bonds. The number of carbonyl (C=O) groups excluding carboxylic acids is 1. The second-order valence-corrected chi connectivity index (χ2v) is 5.90. The molecule has 0 atom stereocenters. The third kappa shape index (κ3) is 3.76. The molecule has 130 valence electrons. The van der Waals surface area contributed by atoms with Gasteiger partial charge >= 0.3 is 0 Å². The zero-order chi connectivity index (χ0) is 17.8. The van der Waals surface area contributed by atoms with E-state index in [0.717, 1.165) is 36.6 Å². The summed E-state index contributed by atoms with van der Waals surface area (Å²) in [4.78, 5) is 12.3. The fraction of sp³-hybridized carbons (Fsp3) is 0.250. The summed E-state index contributed by atoms with van der Waals surface area (Å²) in [6.07, 6.45) is 4.92. The molecule has 0 aliphatic carbocycles. The second-order valence-electron chi connectivity index (χ2n) is 5.90. The Bertz CT molecular complexity index is 806. The number of fused-ring (bicyclic) bond motifs is 1. The fourth-order valence-corrected chi connectivity index (χ4v) is 2.63. The lowest BCUT2D eigenvalue weighted by Gasteiger charge is -2.06.